The van der Waals surface area contributed by atoms with Gasteiger partial charge in [-0.15, -0.1) is 22.7 Å². The molecule has 0 spiro atoms. The van der Waals surface area contributed by atoms with E-state index >= 15 is 0 Å². The average Bonchev–Trinajstić information content (AvgIpc) is 3.89. The highest BCUT2D eigenvalue weighted by molar-refractivity contribution is 7.26. The number of thiophene rings is 2. The van der Waals surface area contributed by atoms with E-state index in [-0.39, 0.29) is 18.5 Å². The molecule has 0 bridgehead atoms. The molecule has 51 heavy (non-hydrogen) atoms. The van der Waals surface area contributed by atoms with Crippen LogP contribution >= 0.6 is 22.7 Å². The molecule has 4 nitrogen and oxygen atoms in total. The lowest BCUT2D eigenvalue weighted by Gasteiger charge is -2.40. The molecule has 7 aromatic carbocycles. The maximum atomic E-state index is 6.54. The lowest BCUT2D eigenvalue weighted by atomic mass is 9.96. The van der Waals surface area contributed by atoms with Crippen LogP contribution in [-0.4, -0.2) is 0 Å². The lowest BCUT2D eigenvalue weighted by Crippen LogP contribution is -2.54. The van der Waals surface area contributed by atoms with Crippen LogP contribution in [0.3, 0.4) is 0 Å². The highest BCUT2D eigenvalue weighted by Gasteiger charge is 2.31. The number of hydrogen-bond acceptors (Lipinski definition) is 6. The fraction of sp³-hybridized carbons (Fsp3) is 0.0667. The molecule has 10 aromatic rings. The maximum absolute atomic E-state index is 6.54. The van der Waals surface area contributed by atoms with E-state index < -0.39 is 0 Å². The molecule has 0 amide bonds. The van der Waals surface area contributed by atoms with Gasteiger partial charge in [0.2, 0.25) is 0 Å². The Balaban J connectivity index is 1.07. The molecule has 1 aliphatic heterocycles. The molecule has 3 atom stereocenters. The first kappa shape index (κ1) is 29.4. The van der Waals surface area contributed by atoms with Gasteiger partial charge in [0.1, 0.15) is 11.2 Å². The molecule has 6 heteroatoms. The van der Waals surface area contributed by atoms with E-state index in [0.29, 0.717) is 0 Å². The predicted molar refractivity (Wildman–Crippen MR) is 215 cm³/mol. The Hall–Kier alpha value is -5.34. The van der Waals surface area contributed by atoms with E-state index in [4.69, 9.17) is 4.42 Å². The lowest BCUT2D eigenvalue weighted by molar-refractivity contribution is 0.204. The molecule has 11 rings (SSSR count). The standard InChI is InChI=1S/C45H31N3OS2/c1-2-11-26(12-3-1)43-46-44(48-45(47-43)33-18-10-22-39-41(33)32-14-5-7-21-38(32)50-39)27-23-24-35-34(25-27)40-29(15-9-19-36(40)49-35)31-17-8-16-30-28-13-4-6-20-37(28)51-42(30)31/h1-25,43-48H. The van der Waals surface area contributed by atoms with Crippen LogP contribution in [0.1, 0.15) is 35.2 Å². The molecule has 0 radical (unpaired) electrons. The van der Waals surface area contributed by atoms with Crippen LogP contribution in [-0.2, 0) is 0 Å². The number of furan rings is 1. The van der Waals surface area contributed by atoms with Gasteiger partial charge in [-0.2, -0.15) is 0 Å². The van der Waals surface area contributed by atoms with Gasteiger partial charge in [0.05, 0.1) is 18.5 Å². The fourth-order valence-corrected chi connectivity index (χ4v) is 10.5. The van der Waals surface area contributed by atoms with Gasteiger partial charge in [0, 0.05) is 56.7 Å². The summed E-state index contributed by atoms with van der Waals surface area (Å²) in [7, 11) is 0. The molecule has 3 N–H and O–H groups in total. The number of nitrogens with one attached hydrogen (secondary N) is 3. The van der Waals surface area contributed by atoms with Crippen LogP contribution in [0.5, 0.6) is 0 Å². The Bertz CT molecular complexity index is 2940. The van der Waals surface area contributed by atoms with Crippen LogP contribution in [0, 0.1) is 0 Å². The number of fused-ring (bicyclic) bond motifs is 9. The average molecular weight is 694 g/mol. The Morgan fingerprint density at radius 3 is 1.96 bits per heavy atom. The van der Waals surface area contributed by atoms with Crippen molar-refractivity contribution in [2.45, 2.75) is 18.5 Å². The molecule has 3 unspecified atom stereocenters. The highest BCUT2D eigenvalue weighted by Crippen LogP contribution is 2.45. The molecule has 244 valence electrons. The second-order valence-corrected chi connectivity index (χ2v) is 15.5. The van der Waals surface area contributed by atoms with Gasteiger partial charge in [-0.05, 0) is 58.7 Å². The second-order valence-electron chi connectivity index (χ2n) is 13.3. The van der Waals surface area contributed by atoms with Crippen LogP contribution < -0.4 is 16.0 Å². The minimum absolute atomic E-state index is 0.0690. The van der Waals surface area contributed by atoms with Crippen LogP contribution in [0.2, 0.25) is 0 Å². The van der Waals surface area contributed by atoms with Gasteiger partial charge in [-0.3, -0.25) is 16.0 Å². The highest BCUT2D eigenvalue weighted by atomic mass is 32.1. The summed E-state index contributed by atoms with van der Waals surface area (Å²) < 4.78 is 11.8. The monoisotopic (exact) mass is 693 g/mol. The summed E-state index contributed by atoms with van der Waals surface area (Å²) in [6.07, 6.45) is -0.296. The quantitative estimate of drug-likeness (QED) is 0.172. The molecule has 0 aliphatic carbocycles. The van der Waals surface area contributed by atoms with E-state index in [0.717, 1.165) is 27.5 Å². The third kappa shape index (κ3) is 4.69. The third-order valence-corrected chi connectivity index (χ3v) is 12.8. The Morgan fingerprint density at radius 2 is 1.08 bits per heavy atom. The Labute approximate surface area is 302 Å². The summed E-state index contributed by atoms with van der Waals surface area (Å²) in [4.78, 5) is 0. The van der Waals surface area contributed by atoms with Gasteiger partial charge in [-0.1, -0.05) is 115 Å². The summed E-state index contributed by atoms with van der Waals surface area (Å²) in [6.45, 7) is 0. The molecule has 4 heterocycles. The van der Waals surface area contributed by atoms with Crippen molar-refractivity contribution in [2.75, 3.05) is 0 Å². The fourth-order valence-electron chi connectivity index (χ4n) is 8.10. The van der Waals surface area contributed by atoms with Gasteiger partial charge >= 0.3 is 0 Å². The zero-order valence-electron chi connectivity index (χ0n) is 27.4. The van der Waals surface area contributed by atoms with Crippen molar-refractivity contribution < 1.29 is 4.42 Å². The van der Waals surface area contributed by atoms with Crippen molar-refractivity contribution >= 4 is 85.0 Å². The van der Waals surface area contributed by atoms with Crippen molar-refractivity contribution in [3.8, 4) is 11.1 Å². The van der Waals surface area contributed by atoms with Crippen LogP contribution in [0.4, 0.5) is 0 Å². The topological polar surface area (TPSA) is 49.2 Å². The molecular formula is C45H31N3OS2. The van der Waals surface area contributed by atoms with Crippen molar-refractivity contribution in [1.82, 2.24) is 16.0 Å². The molecule has 3 aromatic heterocycles. The third-order valence-electron chi connectivity index (χ3n) is 10.4. The first-order valence-electron chi connectivity index (χ1n) is 17.4. The van der Waals surface area contributed by atoms with Gasteiger partial charge in [-0.25, -0.2) is 0 Å². The first-order valence-corrected chi connectivity index (χ1v) is 19.0. The SMILES string of the molecule is c1ccc(C2NC(c3ccc4oc5cccc(-c6cccc7c6sc6ccccc67)c5c4c3)NC(c3cccc4sc5ccccc5c34)N2)cc1. The van der Waals surface area contributed by atoms with Crippen LogP contribution in [0.15, 0.2) is 156 Å². The maximum Gasteiger partial charge on any atom is 0.136 e. The van der Waals surface area contributed by atoms with Crippen molar-refractivity contribution in [1.29, 1.82) is 0 Å². The number of benzene rings is 7. The second kappa shape index (κ2) is 11.6. The Kier molecular flexibility index (Phi) is 6.69. The zero-order chi connectivity index (χ0) is 33.5. The summed E-state index contributed by atoms with van der Waals surface area (Å²) >= 11 is 3.72. The normalized spacial score (nSPS) is 18.2. The largest absolute Gasteiger partial charge is 0.456 e. The van der Waals surface area contributed by atoms with Crippen LogP contribution in [0.25, 0.3) is 73.4 Å². The molecule has 1 saturated heterocycles. The van der Waals surface area contributed by atoms with E-state index in [1.807, 2.05) is 22.7 Å². The number of rotatable bonds is 4. The molecule has 1 fully saturated rings. The number of hydrogen-bond donors (Lipinski definition) is 3. The summed E-state index contributed by atoms with van der Waals surface area (Å²) in [5, 5.41) is 19.3. The zero-order valence-corrected chi connectivity index (χ0v) is 29.0. The van der Waals surface area contributed by atoms with Crippen molar-refractivity contribution in [2.24, 2.45) is 0 Å². The van der Waals surface area contributed by atoms with Gasteiger partial charge in [0.15, 0.2) is 0 Å². The smallest absolute Gasteiger partial charge is 0.136 e. The van der Waals surface area contributed by atoms with Gasteiger partial charge in [0.25, 0.3) is 0 Å². The van der Waals surface area contributed by atoms with Gasteiger partial charge < -0.3 is 4.42 Å². The molecule has 1 aliphatic rings. The van der Waals surface area contributed by atoms with E-state index in [9.17, 15) is 0 Å². The minimum Gasteiger partial charge on any atom is -0.456 e. The summed E-state index contributed by atoms with van der Waals surface area (Å²) in [6, 6.07) is 54.7. The van der Waals surface area contributed by atoms with E-state index in [1.165, 1.54) is 62.6 Å². The summed E-state index contributed by atoms with van der Waals surface area (Å²) in [5.41, 5.74) is 7.85. The van der Waals surface area contributed by atoms with Crippen molar-refractivity contribution in [3.63, 3.8) is 0 Å². The Morgan fingerprint density at radius 1 is 0.412 bits per heavy atom. The van der Waals surface area contributed by atoms with Crippen molar-refractivity contribution in [3.05, 3.63) is 168 Å². The molecule has 0 saturated carbocycles. The molecular weight excluding hydrogens is 663 g/mol. The summed E-state index contributed by atoms with van der Waals surface area (Å²) in [5.74, 6) is 0. The predicted octanol–water partition coefficient (Wildman–Crippen LogP) is 12.2. The minimum atomic E-state index is -0.130. The first-order chi connectivity index (χ1) is 25.3. The van der Waals surface area contributed by atoms with E-state index in [1.54, 1.807) is 0 Å². The van der Waals surface area contributed by atoms with E-state index in [2.05, 4.69) is 168 Å².